The predicted molar refractivity (Wildman–Crippen MR) is 119 cm³/mol. The lowest BCUT2D eigenvalue weighted by Gasteiger charge is -2.24. The van der Waals surface area contributed by atoms with Crippen LogP contribution in [0.5, 0.6) is 0 Å². The lowest BCUT2D eigenvalue weighted by atomic mass is 9.76. The van der Waals surface area contributed by atoms with Crippen LogP contribution in [0.4, 0.5) is 23.3 Å². The van der Waals surface area contributed by atoms with Gasteiger partial charge >= 0.3 is 7.12 Å². The molecule has 4 rings (SSSR count). The SMILES string of the molecule is CC1Cc2c(B(O)O)cccc2N1c1nnc(N(C)C)c(NCc2ccccc2)n1. The molecule has 1 aliphatic rings. The number of anilines is 4. The normalized spacial score (nSPS) is 15.1. The minimum Gasteiger partial charge on any atom is -0.423 e. The van der Waals surface area contributed by atoms with E-state index >= 15 is 0 Å². The molecule has 0 fully saturated rings. The monoisotopic (exact) mass is 404 g/mol. The Bertz CT molecular complexity index is 1030. The van der Waals surface area contributed by atoms with E-state index < -0.39 is 7.12 Å². The van der Waals surface area contributed by atoms with Crippen LogP contribution in [0.2, 0.25) is 0 Å². The van der Waals surface area contributed by atoms with Crippen molar-refractivity contribution < 1.29 is 10.0 Å². The molecule has 3 aromatic rings. The first-order chi connectivity index (χ1) is 14.5. The van der Waals surface area contributed by atoms with Crippen molar-refractivity contribution in [1.82, 2.24) is 15.2 Å². The molecule has 0 radical (unpaired) electrons. The highest BCUT2D eigenvalue weighted by molar-refractivity contribution is 6.59. The zero-order valence-corrected chi connectivity index (χ0v) is 17.3. The third-order valence-corrected chi connectivity index (χ3v) is 5.27. The zero-order chi connectivity index (χ0) is 21.3. The Hall–Kier alpha value is -3.17. The molecule has 0 aliphatic carbocycles. The van der Waals surface area contributed by atoms with Crippen LogP contribution in [0.1, 0.15) is 18.1 Å². The van der Waals surface area contributed by atoms with E-state index in [9.17, 15) is 10.0 Å². The van der Waals surface area contributed by atoms with Gasteiger partial charge in [0.25, 0.3) is 5.95 Å². The quantitative estimate of drug-likeness (QED) is 0.530. The molecule has 0 amide bonds. The van der Waals surface area contributed by atoms with Crippen molar-refractivity contribution in [2.24, 2.45) is 0 Å². The summed E-state index contributed by atoms with van der Waals surface area (Å²) in [6.07, 6.45) is 0.675. The average Bonchev–Trinajstić information content (AvgIpc) is 3.08. The van der Waals surface area contributed by atoms with E-state index in [1.54, 1.807) is 6.07 Å². The first kappa shape index (κ1) is 20.1. The molecule has 0 saturated carbocycles. The number of hydrogen-bond acceptors (Lipinski definition) is 8. The Morgan fingerprint density at radius 3 is 2.57 bits per heavy atom. The third-order valence-electron chi connectivity index (χ3n) is 5.27. The van der Waals surface area contributed by atoms with Gasteiger partial charge in [0.1, 0.15) is 0 Å². The minimum atomic E-state index is -1.51. The van der Waals surface area contributed by atoms with Crippen LogP contribution in [-0.2, 0) is 13.0 Å². The Kier molecular flexibility index (Phi) is 5.56. The van der Waals surface area contributed by atoms with E-state index in [2.05, 4.69) is 34.6 Å². The van der Waals surface area contributed by atoms with Gasteiger partial charge in [0.2, 0.25) is 0 Å². The maximum absolute atomic E-state index is 9.73. The Morgan fingerprint density at radius 2 is 1.87 bits per heavy atom. The van der Waals surface area contributed by atoms with Crippen LogP contribution in [0.15, 0.2) is 48.5 Å². The van der Waals surface area contributed by atoms with Crippen molar-refractivity contribution in [2.75, 3.05) is 29.2 Å². The van der Waals surface area contributed by atoms with Gasteiger partial charge in [-0.25, -0.2) is 0 Å². The fraction of sp³-hybridized carbons (Fsp3) is 0.286. The first-order valence-electron chi connectivity index (χ1n) is 9.92. The van der Waals surface area contributed by atoms with Gasteiger partial charge < -0.3 is 25.2 Å². The van der Waals surface area contributed by atoms with Crippen molar-refractivity contribution in [3.8, 4) is 0 Å². The zero-order valence-electron chi connectivity index (χ0n) is 17.3. The van der Waals surface area contributed by atoms with Crippen LogP contribution in [0.3, 0.4) is 0 Å². The summed E-state index contributed by atoms with van der Waals surface area (Å²) >= 11 is 0. The summed E-state index contributed by atoms with van der Waals surface area (Å²) in [4.78, 5) is 8.66. The third kappa shape index (κ3) is 3.81. The summed E-state index contributed by atoms with van der Waals surface area (Å²) in [5.41, 5.74) is 3.44. The second-order valence-electron chi connectivity index (χ2n) is 7.66. The van der Waals surface area contributed by atoms with Gasteiger partial charge in [-0.2, -0.15) is 4.98 Å². The van der Waals surface area contributed by atoms with Gasteiger partial charge in [0, 0.05) is 32.4 Å². The molecule has 8 nitrogen and oxygen atoms in total. The van der Waals surface area contributed by atoms with Crippen molar-refractivity contribution in [1.29, 1.82) is 0 Å². The molecule has 30 heavy (non-hydrogen) atoms. The smallest absolute Gasteiger partial charge is 0.423 e. The fourth-order valence-electron chi connectivity index (χ4n) is 3.83. The predicted octanol–water partition coefficient (Wildman–Crippen LogP) is 1.31. The van der Waals surface area contributed by atoms with E-state index in [0.717, 1.165) is 16.8 Å². The second-order valence-corrected chi connectivity index (χ2v) is 7.66. The van der Waals surface area contributed by atoms with Crippen LogP contribution in [-0.4, -0.2) is 52.5 Å². The van der Waals surface area contributed by atoms with E-state index in [4.69, 9.17) is 4.98 Å². The molecule has 0 bridgehead atoms. The summed E-state index contributed by atoms with van der Waals surface area (Å²) < 4.78 is 0. The molecule has 1 aromatic heterocycles. The van der Waals surface area contributed by atoms with E-state index in [-0.39, 0.29) is 6.04 Å². The Balaban J connectivity index is 1.69. The number of benzene rings is 2. The van der Waals surface area contributed by atoms with Gasteiger partial charge in [-0.05, 0) is 36.0 Å². The molecule has 9 heteroatoms. The molecule has 1 aliphatic heterocycles. The summed E-state index contributed by atoms with van der Waals surface area (Å²) in [5, 5.41) is 31.6. The minimum absolute atomic E-state index is 0.0638. The van der Waals surface area contributed by atoms with Gasteiger partial charge in [-0.1, -0.05) is 42.5 Å². The Labute approximate surface area is 176 Å². The van der Waals surface area contributed by atoms with E-state index in [0.29, 0.717) is 36.0 Å². The van der Waals surface area contributed by atoms with Gasteiger partial charge in [-0.3, -0.25) is 0 Å². The van der Waals surface area contributed by atoms with Crippen LogP contribution >= 0.6 is 0 Å². The number of fused-ring (bicyclic) bond motifs is 1. The maximum Gasteiger partial charge on any atom is 0.488 e. The van der Waals surface area contributed by atoms with Crippen LogP contribution < -0.4 is 20.6 Å². The van der Waals surface area contributed by atoms with E-state index in [1.165, 1.54) is 0 Å². The molecule has 0 spiro atoms. The standard InChI is InChI=1S/C21H25BN6O2/c1-14-12-16-17(22(29)30)10-7-11-18(16)28(14)21-24-19(20(25-26-21)27(2)3)23-13-15-8-5-4-6-9-15/h4-11,14,29-30H,12-13H2,1-3H3,(H,23,24,26). The molecule has 3 N–H and O–H groups in total. The van der Waals surface area contributed by atoms with Crippen molar-refractivity contribution >= 4 is 35.9 Å². The van der Waals surface area contributed by atoms with Crippen molar-refractivity contribution in [2.45, 2.75) is 25.9 Å². The number of aromatic nitrogens is 3. The molecule has 2 heterocycles. The lowest BCUT2D eigenvalue weighted by Crippen LogP contribution is -2.32. The number of nitrogens with zero attached hydrogens (tertiary/aromatic N) is 5. The molecule has 2 aromatic carbocycles. The molecular formula is C21H25BN6O2. The summed E-state index contributed by atoms with van der Waals surface area (Å²) in [6.45, 7) is 2.68. The highest BCUT2D eigenvalue weighted by Gasteiger charge is 2.33. The maximum atomic E-state index is 9.73. The number of nitrogens with one attached hydrogen (secondary N) is 1. The van der Waals surface area contributed by atoms with Crippen LogP contribution in [0, 0.1) is 0 Å². The Morgan fingerprint density at radius 1 is 1.10 bits per heavy atom. The molecule has 0 saturated heterocycles. The van der Waals surface area contributed by atoms with Crippen LogP contribution in [0.25, 0.3) is 0 Å². The fourth-order valence-corrected chi connectivity index (χ4v) is 3.83. The summed E-state index contributed by atoms with van der Waals surface area (Å²) in [5.74, 6) is 1.78. The van der Waals surface area contributed by atoms with Gasteiger partial charge in [0.15, 0.2) is 11.6 Å². The van der Waals surface area contributed by atoms with Gasteiger partial charge in [0.05, 0.1) is 0 Å². The lowest BCUT2D eigenvalue weighted by molar-refractivity contribution is 0.425. The number of rotatable bonds is 6. The van der Waals surface area contributed by atoms with Crippen molar-refractivity contribution in [3.63, 3.8) is 0 Å². The second kappa shape index (κ2) is 8.29. The molecule has 1 atom stereocenters. The summed E-state index contributed by atoms with van der Waals surface area (Å²) in [6, 6.07) is 15.7. The topological polar surface area (TPSA) is 97.6 Å². The highest BCUT2D eigenvalue weighted by atomic mass is 16.4. The highest BCUT2D eigenvalue weighted by Crippen LogP contribution is 2.36. The molecular weight excluding hydrogens is 379 g/mol. The summed E-state index contributed by atoms with van der Waals surface area (Å²) in [7, 11) is 2.30. The molecule has 1 unspecified atom stereocenters. The average molecular weight is 404 g/mol. The van der Waals surface area contributed by atoms with Gasteiger partial charge in [-0.15, -0.1) is 10.2 Å². The van der Waals surface area contributed by atoms with Crippen molar-refractivity contribution in [3.05, 3.63) is 59.7 Å². The first-order valence-corrected chi connectivity index (χ1v) is 9.92. The van der Waals surface area contributed by atoms with E-state index in [1.807, 2.05) is 54.2 Å². The number of hydrogen-bond donors (Lipinski definition) is 3. The molecule has 154 valence electrons. The largest absolute Gasteiger partial charge is 0.488 e.